The number of para-hydroxylation sites is 1. The molecule has 2 heterocycles. The standard InChI is InChI=1S/C22H22FN.C19H26FN3O2S/c1-22(2,3)20-19(14-10-12-16(23)13-11-14)17-6-4-5-7-18(17)24-21(20)15-8-9-15;1-12(2)16-15(19(3,4)5)17(13-8-10-14(20)11-9-13)22-18(21-16)23(6)26(7,24)25/h4-7,10-13,15H,8-9H2,1-3H3;8-12H,1-7H3. The van der Waals surface area contributed by atoms with Crippen LogP contribution in [0.1, 0.15) is 103 Å². The van der Waals surface area contributed by atoms with E-state index in [1.165, 1.54) is 48.8 Å². The minimum absolute atomic E-state index is 0.0152. The highest BCUT2D eigenvalue weighted by Gasteiger charge is 2.34. The predicted octanol–water partition coefficient (Wildman–Crippen LogP) is 10.3. The smallest absolute Gasteiger partial charge is 0.239 e. The SMILES string of the molecule is CC(C)(C)c1c(C2CC2)nc2ccccc2c1-c1ccc(F)cc1.CC(C)c1nc(N(C)S(C)(=O)=O)nc(-c2ccc(F)cc2)c1C(C)(C)C. The Labute approximate surface area is 296 Å². The van der Waals surface area contributed by atoms with Crippen molar-refractivity contribution in [2.24, 2.45) is 0 Å². The minimum Gasteiger partial charge on any atom is -0.252 e. The van der Waals surface area contributed by atoms with Crippen molar-refractivity contribution in [3.8, 4) is 22.4 Å². The Hall–Kier alpha value is -4.24. The van der Waals surface area contributed by atoms with E-state index in [0.717, 1.165) is 43.8 Å². The average Bonchev–Trinajstić information content (AvgIpc) is 3.88. The van der Waals surface area contributed by atoms with Gasteiger partial charge in [0.1, 0.15) is 11.6 Å². The van der Waals surface area contributed by atoms with Crippen LogP contribution < -0.4 is 4.31 Å². The molecule has 0 spiro atoms. The molecule has 0 atom stereocenters. The number of pyridine rings is 1. The molecule has 1 saturated carbocycles. The maximum atomic E-state index is 13.5. The Bertz CT molecular complexity index is 2110. The summed E-state index contributed by atoms with van der Waals surface area (Å²) < 4.78 is 51.9. The molecule has 3 aromatic carbocycles. The van der Waals surface area contributed by atoms with Crippen LogP contribution in [0.5, 0.6) is 0 Å². The van der Waals surface area contributed by atoms with Crippen LogP contribution >= 0.6 is 0 Å². The molecule has 6 rings (SSSR count). The number of anilines is 1. The molecule has 264 valence electrons. The number of hydrogen-bond donors (Lipinski definition) is 0. The zero-order chi connectivity index (χ0) is 36.8. The summed E-state index contributed by atoms with van der Waals surface area (Å²) in [6.45, 7) is 16.9. The first kappa shape index (κ1) is 37.0. The van der Waals surface area contributed by atoms with E-state index in [-0.39, 0.29) is 34.3 Å². The quantitative estimate of drug-likeness (QED) is 0.176. The highest BCUT2D eigenvalue weighted by atomic mass is 32.2. The van der Waals surface area contributed by atoms with Crippen LogP contribution in [-0.4, -0.2) is 36.7 Å². The first-order chi connectivity index (χ1) is 23.3. The predicted molar refractivity (Wildman–Crippen MR) is 201 cm³/mol. The summed E-state index contributed by atoms with van der Waals surface area (Å²) in [5.74, 6) is 0.221. The molecule has 1 aliphatic carbocycles. The second-order valence-electron chi connectivity index (χ2n) is 15.6. The maximum Gasteiger partial charge on any atom is 0.239 e. The number of sulfonamides is 1. The highest BCUT2D eigenvalue weighted by molar-refractivity contribution is 7.92. The van der Waals surface area contributed by atoms with Gasteiger partial charge in [-0.2, -0.15) is 0 Å². The van der Waals surface area contributed by atoms with E-state index in [4.69, 9.17) is 4.98 Å². The van der Waals surface area contributed by atoms with E-state index in [9.17, 15) is 17.2 Å². The van der Waals surface area contributed by atoms with Crippen LogP contribution in [0.2, 0.25) is 0 Å². The van der Waals surface area contributed by atoms with Gasteiger partial charge in [-0.05, 0) is 88.7 Å². The van der Waals surface area contributed by atoms with E-state index in [2.05, 4.69) is 69.7 Å². The molecule has 0 unspecified atom stereocenters. The lowest BCUT2D eigenvalue weighted by atomic mass is 9.78. The minimum atomic E-state index is -3.50. The molecule has 0 aliphatic heterocycles. The van der Waals surface area contributed by atoms with Gasteiger partial charge < -0.3 is 0 Å². The Morgan fingerprint density at radius 2 is 1.26 bits per heavy atom. The van der Waals surface area contributed by atoms with Crippen molar-refractivity contribution in [1.82, 2.24) is 15.0 Å². The maximum absolute atomic E-state index is 13.5. The van der Waals surface area contributed by atoms with Crippen molar-refractivity contribution in [3.63, 3.8) is 0 Å². The van der Waals surface area contributed by atoms with Gasteiger partial charge in [0.2, 0.25) is 16.0 Å². The number of benzene rings is 3. The van der Waals surface area contributed by atoms with Crippen molar-refractivity contribution in [3.05, 3.63) is 107 Å². The Kier molecular flexibility index (Phi) is 10.2. The highest BCUT2D eigenvalue weighted by Crippen LogP contribution is 2.48. The van der Waals surface area contributed by atoms with Crippen molar-refractivity contribution in [2.75, 3.05) is 17.6 Å². The molecule has 1 aliphatic rings. The number of rotatable bonds is 6. The Morgan fingerprint density at radius 3 is 1.74 bits per heavy atom. The van der Waals surface area contributed by atoms with E-state index in [1.807, 2.05) is 32.0 Å². The van der Waals surface area contributed by atoms with Crippen LogP contribution in [-0.2, 0) is 20.9 Å². The van der Waals surface area contributed by atoms with Gasteiger partial charge in [-0.15, -0.1) is 0 Å². The fourth-order valence-electron chi connectivity index (χ4n) is 6.29. The van der Waals surface area contributed by atoms with Crippen LogP contribution in [0, 0.1) is 11.6 Å². The molecule has 5 aromatic rings. The monoisotopic (exact) mass is 698 g/mol. The van der Waals surface area contributed by atoms with E-state index >= 15 is 0 Å². The van der Waals surface area contributed by atoms with Crippen LogP contribution in [0.4, 0.5) is 14.7 Å². The zero-order valence-corrected chi connectivity index (χ0v) is 31.6. The third-order valence-corrected chi connectivity index (χ3v) is 10.0. The number of hydrogen-bond acceptors (Lipinski definition) is 5. The molecule has 0 radical (unpaired) electrons. The normalized spacial score (nSPS) is 13.7. The van der Waals surface area contributed by atoms with Gasteiger partial charge in [-0.3, -0.25) is 4.98 Å². The molecule has 2 aromatic heterocycles. The molecular weight excluding hydrogens is 651 g/mol. The third-order valence-electron chi connectivity index (χ3n) is 8.89. The summed E-state index contributed by atoms with van der Waals surface area (Å²) >= 11 is 0. The van der Waals surface area contributed by atoms with E-state index in [1.54, 1.807) is 24.3 Å². The van der Waals surface area contributed by atoms with Crippen molar-refractivity contribution in [2.45, 2.75) is 90.9 Å². The molecule has 9 heteroatoms. The lowest BCUT2D eigenvalue weighted by molar-refractivity contribution is 0.568. The molecule has 0 bridgehead atoms. The first-order valence-corrected chi connectivity index (χ1v) is 18.9. The number of aromatic nitrogens is 3. The van der Waals surface area contributed by atoms with E-state index < -0.39 is 10.0 Å². The Morgan fingerprint density at radius 1 is 0.740 bits per heavy atom. The summed E-state index contributed by atoms with van der Waals surface area (Å²) in [7, 11) is -2.07. The van der Waals surface area contributed by atoms with Gasteiger partial charge in [0.05, 0.1) is 23.2 Å². The van der Waals surface area contributed by atoms with Gasteiger partial charge in [0.25, 0.3) is 0 Å². The summed E-state index contributed by atoms with van der Waals surface area (Å²) in [4.78, 5) is 14.2. The first-order valence-electron chi connectivity index (χ1n) is 17.1. The fraction of sp³-hybridized carbons (Fsp3) is 0.390. The molecule has 0 amide bonds. The molecule has 50 heavy (non-hydrogen) atoms. The fourth-order valence-corrected chi connectivity index (χ4v) is 6.67. The van der Waals surface area contributed by atoms with Gasteiger partial charge in [0.15, 0.2) is 0 Å². The number of fused-ring (bicyclic) bond motifs is 1. The van der Waals surface area contributed by atoms with Gasteiger partial charge in [-0.25, -0.2) is 31.5 Å². The second kappa shape index (κ2) is 13.8. The van der Waals surface area contributed by atoms with Gasteiger partial charge in [0, 0.05) is 35.2 Å². The van der Waals surface area contributed by atoms with Gasteiger partial charge in [-0.1, -0.05) is 85.7 Å². The summed E-state index contributed by atoms with van der Waals surface area (Å²) in [6, 6.07) is 21.2. The van der Waals surface area contributed by atoms with Crippen LogP contribution in [0.3, 0.4) is 0 Å². The number of halogens is 2. The summed E-state index contributed by atoms with van der Waals surface area (Å²) in [5, 5.41) is 1.15. The molecule has 6 nitrogen and oxygen atoms in total. The third kappa shape index (κ3) is 8.04. The lowest BCUT2D eigenvalue weighted by Gasteiger charge is -2.28. The Balaban J connectivity index is 0.000000195. The van der Waals surface area contributed by atoms with Crippen molar-refractivity contribution < 1.29 is 17.2 Å². The van der Waals surface area contributed by atoms with E-state index in [0.29, 0.717) is 11.6 Å². The largest absolute Gasteiger partial charge is 0.252 e. The van der Waals surface area contributed by atoms with Crippen molar-refractivity contribution >= 4 is 26.9 Å². The molecule has 1 fully saturated rings. The lowest BCUT2D eigenvalue weighted by Crippen LogP contribution is -2.29. The van der Waals surface area contributed by atoms with Crippen LogP contribution in [0.15, 0.2) is 72.8 Å². The topological polar surface area (TPSA) is 76.1 Å². The molecular formula is C41H48F2N4O2S. The molecule has 0 N–H and O–H groups in total. The van der Waals surface area contributed by atoms with Gasteiger partial charge >= 0.3 is 0 Å². The summed E-state index contributed by atoms with van der Waals surface area (Å²) in [5.41, 5.74) is 8.66. The zero-order valence-electron chi connectivity index (χ0n) is 30.8. The van der Waals surface area contributed by atoms with Crippen LogP contribution in [0.25, 0.3) is 33.3 Å². The second-order valence-corrected chi connectivity index (χ2v) is 17.6. The summed E-state index contributed by atoms with van der Waals surface area (Å²) in [6.07, 6.45) is 3.55. The average molecular weight is 699 g/mol. The molecule has 0 saturated heterocycles. The van der Waals surface area contributed by atoms with Crippen molar-refractivity contribution in [1.29, 1.82) is 0 Å². The number of nitrogens with zero attached hydrogens (tertiary/aromatic N) is 4.